The molecule has 2 aromatic rings. The molecule has 0 aromatic heterocycles. The van der Waals surface area contributed by atoms with Crippen molar-refractivity contribution < 1.29 is 23.2 Å². The second kappa shape index (κ2) is 8.84. The number of hydrogen-bond donors (Lipinski definition) is 0. The summed E-state index contributed by atoms with van der Waals surface area (Å²) in [5.41, 5.74) is 1.06. The molecule has 2 aromatic carbocycles. The number of nitro groups is 1. The summed E-state index contributed by atoms with van der Waals surface area (Å²) in [6, 6.07) is 7.76. The third-order valence-corrected chi connectivity index (χ3v) is 5.59. The van der Waals surface area contributed by atoms with Crippen LogP contribution >= 0.6 is 0 Å². The number of hydrogen-bond acceptors (Lipinski definition) is 6. The standard InChI is InChI=1S/C21H22F2N4O4/c22-15-1-3-20(18(23)13-15)24-5-7-26(8-6-24)21(28)17-14-16(27(29)30)2-4-19(17)25-9-11-31-12-10-25/h1-4,13-14H,5-12H2. The molecule has 2 fully saturated rings. The highest BCUT2D eigenvalue weighted by atomic mass is 19.1. The first kappa shape index (κ1) is 21.0. The molecule has 1 amide bonds. The van der Waals surface area contributed by atoms with E-state index < -0.39 is 16.6 Å². The summed E-state index contributed by atoms with van der Waals surface area (Å²) in [5, 5.41) is 11.3. The number of morpholine rings is 1. The SMILES string of the molecule is O=C(c1cc([N+](=O)[O-])ccc1N1CCOCC1)N1CCN(c2ccc(F)cc2F)CC1. The van der Waals surface area contributed by atoms with Crippen LogP contribution in [0.2, 0.25) is 0 Å². The van der Waals surface area contributed by atoms with Gasteiger partial charge in [-0.2, -0.15) is 0 Å². The zero-order valence-electron chi connectivity index (χ0n) is 16.8. The first-order valence-corrected chi connectivity index (χ1v) is 10.0. The van der Waals surface area contributed by atoms with E-state index in [-0.39, 0.29) is 22.8 Å². The number of amides is 1. The molecule has 0 bridgehead atoms. The van der Waals surface area contributed by atoms with Crippen LogP contribution in [0.3, 0.4) is 0 Å². The Morgan fingerprint density at radius 1 is 0.903 bits per heavy atom. The van der Waals surface area contributed by atoms with Crippen LogP contribution < -0.4 is 9.80 Å². The summed E-state index contributed by atoms with van der Waals surface area (Å²) < 4.78 is 32.6. The molecule has 2 aliphatic rings. The van der Waals surface area contributed by atoms with Crippen LogP contribution in [-0.2, 0) is 4.74 Å². The van der Waals surface area contributed by atoms with Crippen molar-refractivity contribution in [3.05, 3.63) is 63.7 Å². The lowest BCUT2D eigenvalue weighted by molar-refractivity contribution is -0.384. The van der Waals surface area contributed by atoms with E-state index in [9.17, 15) is 23.7 Å². The predicted octanol–water partition coefficient (Wildman–Crippen LogP) is 2.67. The van der Waals surface area contributed by atoms with E-state index in [0.29, 0.717) is 58.2 Å². The van der Waals surface area contributed by atoms with Gasteiger partial charge in [0.25, 0.3) is 11.6 Å². The summed E-state index contributed by atoms with van der Waals surface area (Å²) >= 11 is 0. The molecular formula is C21H22F2N4O4. The van der Waals surface area contributed by atoms with Gasteiger partial charge in [-0.1, -0.05) is 0 Å². The second-order valence-electron chi connectivity index (χ2n) is 7.43. The average Bonchev–Trinajstić information content (AvgIpc) is 2.79. The number of nitro benzene ring substituents is 1. The van der Waals surface area contributed by atoms with Gasteiger partial charge in [-0.3, -0.25) is 14.9 Å². The van der Waals surface area contributed by atoms with E-state index in [0.717, 1.165) is 6.07 Å². The summed E-state index contributed by atoms with van der Waals surface area (Å²) in [6.45, 7) is 3.61. The van der Waals surface area contributed by atoms with Crippen molar-refractivity contribution in [1.82, 2.24) is 4.90 Å². The molecule has 2 aliphatic heterocycles. The van der Waals surface area contributed by atoms with Gasteiger partial charge in [-0.25, -0.2) is 8.78 Å². The average molecular weight is 432 g/mol. The van der Waals surface area contributed by atoms with Gasteiger partial charge in [-0.05, 0) is 18.2 Å². The third-order valence-electron chi connectivity index (χ3n) is 5.59. The van der Waals surface area contributed by atoms with E-state index in [1.54, 1.807) is 15.9 Å². The van der Waals surface area contributed by atoms with Crippen molar-refractivity contribution in [2.75, 3.05) is 62.3 Å². The quantitative estimate of drug-likeness (QED) is 0.546. The maximum absolute atomic E-state index is 14.1. The first-order valence-electron chi connectivity index (χ1n) is 10.0. The van der Waals surface area contributed by atoms with Gasteiger partial charge in [0.15, 0.2) is 0 Å². The number of halogens is 2. The number of rotatable bonds is 4. The molecule has 31 heavy (non-hydrogen) atoms. The van der Waals surface area contributed by atoms with Crippen molar-refractivity contribution in [2.24, 2.45) is 0 Å². The van der Waals surface area contributed by atoms with Gasteiger partial charge in [-0.15, -0.1) is 0 Å². The molecule has 0 aliphatic carbocycles. The molecule has 0 unspecified atom stereocenters. The Labute approximate surface area is 177 Å². The molecule has 2 saturated heterocycles. The van der Waals surface area contributed by atoms with E-state index >= 15 is 0 Å². The van der Waals surface area contributed by atoms with E-state index in [1.165, 1.54) is 24.3 Å². The van der Waals surface area contributed by atoms with Gasteiger partial charge < -0.3 is 19.4 Å². The molecule has 0 saturated carbocycles. The molecule has 10 heteroatoms. The van der Waals surface area contributed by atoms with Crippen molar-refractivity contribution in [1.29, 1.82) is 0 Å². The number of anilines is 2. The van der Waals surface area contributed by atoms with Gasteiger partial charge in [0, 0.05) is 57.5 Å². The Hall–Kier alpha value is -3.27. The Balaban J connectivity index is 1.53. The molecule has 8 nitrogen and oxygen atoms in total. The lowest BCUT2D eigenvalue weighted by atomic mass is 10.1. The zero-order valence-corrected chi connectivity index (χ0v) is 16.8. The Morgan fingerprint density at radius 3 is 2.19 bits per heavy atom. The first-order chi connectivity index (χ1) is 14.9. The number of nitrogens with zero attached hydrogens (tertiary/aromatic N) is 4. The van der Waals surface area contributed by atoms with Crippen LogP contribution in [0.1, 0.15) is 10.4 Å². The van der Waals surface area contributed by atoms with E-state index in [4.69, 9.17) is 4.74 Å². The number of non-ortho nitro benzene ring substituents is 1. The lowest BCUT2D eigenvalue weighted by Gasteiger charge is -2.37. The molecule has 4 rings (SSSR count). The van der Waals surface area contributed by atoms with Crippen LogP contribution in [0, 0.1) is 21.7 Å². The molecule has 0 N–H and O–H groups in total. The Kier molecular flexibility index (Phi) is 5.99. The molecule has 0 radical (unpaired) electrons. The maximum Gasteiger partial charge on any atom is 0.270 e. The highest BCUT2D eigenvalue weighted by Gasteiger charge is 2.28. The highest BCUT2D eigenvalue weighted by molar-refractivity contribution is 6.00. The molecule has 0 atom stereocenters. The summed E-state index contributed by atoms with van der Waals surface area (Å²) in [6.07, 6.45) is 0. The van der Waals surface area contributed by atoms with Gasteiger partial charge >= 0.3 is 0 Å². The predicted molar refractivity (Wildman–Crippen MR) is 111 cm³/mol. The normalized spacial score (nSPS) is 17.0. The van der Waals surface area contributed by atoms with Crippen LogP contribution in [-0.4, -0.2) is 68.2 Å². The Morgan fingerprint density at radius 2 is 1.55 bits per heavy atom. The number of carbonyl (C=O) groups excluding carboxylic acids is 1. The summed E-state index contributed by atoms with van der Waals surface area (Å²) in [7, 11) is 0. The number of piperazine rings is 1. The maximum atomic E-state index is 14.1. The fraction of sp³-hybridized carbons (Fsp3) is 0.381. The van der Waals surface area contributed by atoms with Crippen LogP contribution in [0.4, 0.5) is 25.8 Å². The van der Waals surface area contributed by atoms with Crippen molar-refractivity contribution in [3.63, 3.8) is 0 Å². The number of ether oxygens (including phenoxy) is 1. The molecule has 164 valence electrons. The third kappa shape index (κ3) is 4.43. The number of benzene rings is 2. The van der Waals surface area contributed by atoms with Crippen LogP contribution in [0.15, 0.2) is 36.4 Å². The van der Waals surface area contributed by atoms with Crippen LogP contribution in [0.25, 0.3) is 0 Å². The summed E-state index contributed by atoms with van der Waals surface area (Å²) in [4.78, 5) is 29.4. The monoisotopic (exact) mass is 432 g/mol. The van der Waals surface area contributed by atoms with Crippen molar-refractivity contribution in [2.45, 2.75) is 0 Å². The molecule has 0 spiro atoms. The highest BCUT2D eigenvalue weighted by Crippen LogP contribution is 2.29. The zero-order chi connectivity index (χ0) is 22.0. The van der Waals surface area contributed by atoms with Crippen LogP contribution in [0.5, 0.6) is 0 Å². The minimum absolute atomic E-state index is 0.146. The molecular weight excluding hydrogens is 410 g/mol. The van der Waals surface area contributed by atoms with Gasteiger partial charge in [0.2, 0.25) is 0 Å². The molecule has 2 heterocycles. The fourth-order valence-electron chi connectivity index (χ4n) is 3.95. The smallest absolute Gasteiger partial charge is 0.270 e. The topological polar surface area (TPSA) is 79.2 Å². The van der Waals surface area contributed by atoms with E-state index in [2.05, 4.69) is 0 Å². The lowest BCUT2D eigenvalue weighted by Crippen LogP contribution is -2.49. The minimum Gasteiger partial charge on any atom is -0.378 e. The van der Waals surface area contributed by atoms with Gasteiger partial charge in [0.05, 0.1) is 35.1 Å². The Bertz CT molecular complexity index is 989. The largest absolute Gasteiger partial charge is 0.378 e. The van der Waals surface area contributed by atoms with Crippen molar-refractivity contribution in [3.8, 4) is 0 Å². The fourth-order valence-corrected chi connectivity index (χ4v) is 3.95. The minimum atomic E-state index is -0.645. The van der Waals surface area contributed by atoms with Gasteiger partial charge in [0.1, 0.15) is 11.6 Å². The number of carbonyl (C=O) groups is 1. The second-order valence-corrected chi connectivity index (χ2v) is 7.43. The van der Waals surface area contributed by atoms with E-state index in [1.807, 2.05) is 4.90 Å². The summed E-state index contributed by atoms with van der Waals surface area (Å²) in [5.74, 6) is -1.59. The van der Waals surface area contributed by atoms with Crippen molar-refractivity contribution >= 4 is 23.0 Å².